The van der Waals surface area contributed by atoms with E-state index in [0.29, 0.717) is 5.56 Å². The van der Waals surface area contributed by atoms with Gasteiger partial charge in [-0.2, -0.15) is 0 Å². The van der Waals surface area contributed by atoms with Crippen LogP contribution in [-0.4, -0.2) is 11.7 Å². The molecule has 1 amide bonds. The molecule has 0 saturated carbocycles. The van der Waals surface area contributed by atoms with E-state index < -0.39 is 11.7 Å². The Morgan fingerprint density at radius 3 is 2.60 bits per heavy atom. The Kier molecular flexibility index (Phi) is 3.55. The fraction of sp³-hybridized carbons (Fsp3) is 0.273. The predicted molar refractivity (Wildman–Crippen MR) is 55.1 cm³/mol. The van der Waals surface area contributed by atoms with Crippen LogP contribution >= 0.6 is 0 Å². The summed E-state index contributed by atoms with van der Waals surface area (Å²) in [6, 6.07) is 4.51. The number of carbonyl (C=O) groups is 2. The van der Waals surface area contributed by atoms with E-state index in [1.165, 1.54) is 13.0 Å². The van der Waals surface area contributed by atoms with E-state index in [4.69, 9.17) is 0 Å². The first-order chi connectivity index (χ1) is 7.00. The second-order valence-corrected chi connectivity index (χ2v) is 3.36. The number of halogens is 1. The van der Waals surface area contributed by atoms with Crippen LogP contribution in [0.4, 0.5) is 10.1 Å². The number of carbonyl (C=O) groups excluding carboxylic acids is 2. The number of hydrogen-bond donors (Lipinski definition) is 1. The highest BCUT2D eigenvalue weighted by atomic mass is 19.1. The van der Waals surface area contributed by atoms with Crippen molar-refractivity contribution in [1.29, 1.82) is 0 Å². The highest BCUT2D eigenvalue weighted by molar-refractivity contribution is 6.03. The first kappa shape index (κ1) is 11.4. The van der Waals surface area contributed by atoms with Crippen molar-refractivity contribution in [2.45, 2.75) is 20.3 Å². The standard InChI is InChI=1S/C11H12FNO2/c1-7-4-3-5-9(12)11(7)13-10(15)6-8(2)14/h3-5H,6H2,1-2H3,(H,13,15). The van der Waals surface area contributed by atoms with E-state index in [2.05, 4.69) is 5.32 Å². The van der Waals surface area contributed by atoms with Crippen LogP contribution in [0.25, 0.3) is 0 Å². The molecule has 0 unspecified atom stereocenters. The van der Waals surface area contributed by atoms with Crippen molar-refractivity contribution in [2.24, 2.45) is 0 Å². The minimum Gasteiger partial charge on any atom is -0.323 e. The number of Topliss-reactive ketones (excluding diaryl/α,β-unsaturated/α-hetero) is 1. The third-order valence-corrected chi connectivity index (χ3v) is 1.90. The summed E-state index contributed by atoms with van der Waals surface area (Å²) >= 11 is 0. The van der Waals surface area contributed by atoms with Crippen molar-refractivity contribution in [3.05, 3.63) is 29.6 Å². The zero-order valence-electron chi connectivity index (χ0n) is 8.63. The molecule has 0 aliphatic rings. The number of nitrogens with one attached hydrogen (secondary N) is 1. The van der Waals surface area contributed by atoms with Crippen molar-refractivity contribution in [1.82, 2.24) is 0 Å². The largest absolute Gasteiger partial charge is 0.323 e. The Morgan fingerprint density at radius 1 is 1.40 bits per heavy atom. The fourth-order valence-corrected chi connectivity index (χ4v) is 1.20. The van der Waals surface area contributed by atoms with Gasteiger partial charge in [-0.25, -0.2) is 4.39 Å². The zero-order valence-corrected chi connectivity index (χ0v) is 8.63. The van der Waals surface area contributed by atoms with Crippen LogP contribution in [0.1, 0.15) is 18.9 Å². The summed E-state index contributed by atoms with van der Waals surface area (Å²) in [6.07, 6.45) is -0.228. The van der Waals surface area contributed by atoms with Crippen LogP contribution in [0, 0.1) is 12.7 Å². The molecule has 1 rings (SSSR count). The second-order valence-electron chi connectivity index (χ2n) is 3.36. The number of ketones is 1. The van der Waals surface area contributed by atoms with Crippen molar-refractivity contribution in [3.8, 4) is 0 Å². The van der Waals surface area contributed by atoms with Crippen LogP contribution < -0.4 is 5.32 Å². The maximum atomic E-state index is 13.2. The first-order valence-corrected chi connectivity index (χ1v) is 4.55. The molecule has 80 valence electrons. The molecule has 0 aromatic heterocycles. The number of benzene rings is 1. The quantitative estimate of drug-likeness (QED) is 0.774. The van der Waals surface area contributed by atoms with Gasteiger partial charge in [-0.1, -0.05) is 12.1 Å². The second kappa shape index (κ2) is 4.68. The lowest BCUT2D eigenvalue weighted by Crippen LogP contribution is -2.16. The molecule has 0 atom stereocenters. The number of hydrogen-bond acceptors (Lipinski definition) is 2. The maximum Gasteiger partial charge on any atom is 0.231 e. The highest BCUT2D eigenvalue weighted by Crippen LogP contribution is 2.18. The lowest BCUT2D eigenvalue weighted by atomic mass is 10.2. The molecular weight excluding hydrogens is 197 g/mol. The average Bonchev–Trinajstić information content (AvgIpc) is 2.10. The molecule has 1 N–H and O–H groups in total. The van der Waals surface area contributed by atoms with Crippen molar-refractivity contribution in [3.63, 3.8) is 0 Å². The Balaban J connectivity index is 2.80. The first-order valence-electron chi connectivity index (χ1n) is 4.55. The molecule has 0 radical (unpaired) electrons. The Bertz CT molecular complexity index is 381. The number of anilines is 1. The molecule has 0 fully saturated rings. The van der Waals surface area contributed by atoms with Gasteiger partial charge in [0, 0.05) is 0 Å². The van der Waals surface area contributed by atoms with Crippen LogP contribution in [0.2, 0.25) is 0 Å². The molecule has 0 aliphatic heterocycles. The summed E-state index contributed by atoms with van der Waals surface area (Å²) in [6.45, 7) is 3.00. The summed E-state index contributed by atoms with van der Waals surface area (Å²) in [5.74, 6) is -1.23. The molecule has 1 aromatic carbocycles. The van der Waals surface area contributed by atoms with Crippen molar-refractivity contribution < 1.29 is 14.0 Å². The molecule has 0 saturated heterocycles. The summed E-state index contributed by atoms with van der Waals surface area (Å²) < 4.78 is 13.2. The molecule has 3 nitrogen and oxygen atoms in total. The third-order valence-electron chi connectivity index (χ3n) is 1.90. The van der Waals surface area contributed by atoms with Gasteiger partial charge in [-0.3, -0.25) is 9.59 Å². The summed E-state index contributed by atoms with van der Waals surface area (Å²) in [4.78, 5) is 21.9. The van der Waals surface area contributed by atoms with Crippen LogP contribution in [0.3, 0.4) is 0 Å². The monoisotopic (exact) mass is 209 g/mol. The topological polar surface area (TPSA) is 46.2 Å². The lowest BCUT2D eigenvalue weighted by Gasteiger charge is -2.08. The molecule has 4 heteroatoms. The predicted octanol–water partition coefficient (Wildman–Crippen LogP) is 2.05. The van der Waals surface area contributed by atoms with Gasteiger partial charge < -0.3 is 5.32 Å². The van der Waals surface area contributed by atoms with Gasteiger partial charge in [-0.15, -0.1) is 0 Å². The number of rotatable bonds is 3. The van der Waals surface area contributed by atoms with E-state index >= 15 is 0 Å². The van der Waals surface area contributed by atoms with Crippen LogP contribution in [0.5, 0.6) is 0 Å². The molecule has 0 bridgehead atoms. The lowest BCUT2D eigenvalue weighted by molar-refractivity contribution is -0.124. The summed E-state index contributed by atoms with van der Waals surface area (Å²) in [5.41, 5.74) is 0.774. The smallest absolute Gasteiger partial charge is 0.231 e. The van der Waals surface area contributed by atoms with Crippen LogP contribution in [-0.2, 0) is 9.59 Å². The minimum absolute atomic E-state index is 0.142. The third kappa shape index (κ3) is 3.16. The van der Waals surface area contributed by atoms with Gasteiger partial charge in [0.25, 0.3) is 0 Å². The highest BCUT2D eigenvalue weighted by Gasteiger charge is 2.10. The van der Waals surface area contributed by atoms with Gasteiger partial charge in [0.15, 0.2) is 0 Å². The normalized spacial score (nSPS) is 9.80. The maximum absolute atomic E-state index is 13.2. The summed E-state index contributed by atoms with van der Waals surface area (Å²) in [5, 5.41) is 2.38. The Morgan fingerprint density at radius 2 is 2.07 bits per heavy atom. The van der Waals surface area contributed by atoms with Crippen molar-refractivity contribution >= 4 is 17.4 Å². The van der Waals surface area contributed by atoms with E-state index in [9.17, 15) is 14.0 Å². The van der Waals surface area contributed by atoms with Crippen molar-refractivity contribution in [2.75, 3.05) is 5.32 Å². The molecular formula is C11H12FNO2. The fourth-order valence-electron chi connectivity index (χ4n) is 1.20. The SMILES string of the molecule is CC(=O)CC(=O)Nc1c(C)cccc1F. The Hall–Kier alpha value is -1.71. The van der Waals surface area contributed by atoms with E-state index in [1.807, 2.05) is 0 Å². The molecule has 0 spiro atoms. The average molecular weight is 209 g/mol. The minimum atomic E-state index is -0.494. The number of aryl methyl sites for hydroxylation is 1. The number of amides is 1. The zero-order chi connectivity index (χ0) is 11.4. The van der Waals surface area contributed by atoms with Crippen LogP contribution in [0.15, 0.2) is 18.2 Å². The summed E-state index contributed by atoms with van der Waals surface area (Å²) in [7, 11) is 0. The van der Waals surface area contributed by atoms with Gasteiger partial charge in [0.1, 0.15) is 11.6 Å². The Labute approximate surface area is 87.3 Å². The van der Waals surface area contributed by atoms with Gasteiger partial charge in [0.05, 0.1) is 12.1 Å². The van der Waals surface area contributed by atoms with E-state index in [1.54, 1.807) is 19.1 Å². The van der Waals surface area contributed by atoms with Gasteiger partial charge in [0.2, 0.25) is 5.91 Å². The van der Waals surface area contributed by atoms with Gasteiger partial charge in [-0.05, 0) is 25.5 Å². The molecule has 1 aromatic rings. The van der Waals surface area contributed by atoms with E-state index in [0.717, 1.165) is 0 Å². The van der Waals surface area contributed by atoms with E-state index in [-0.39, 0.29) is 17.9 Å². The molecule has 0 aliphatic carbocycles. The number of para-hydroxylation sites is 1. The molecule has 0 heterocycles. The van der Waals surface area contributed by atoms with Gasteiger partial charge >= 0.3 is 0 Å². The molecule has 15 heavy (non-hydrogen) atoms.